The molecule has 1 aromatic heterocycles. The number of rotatable bonds is 4. The molecule has 1 nitrogen and oxygen atoms in total. The fraction of sp³-hybridized carbons (Fsp3) is 0. The van der Waals surface area contributed by atoms with Crippen LogP contribution in [0.1, 0.15) is 0 Å². The van der Waals surface area contributed by atoms with Gasteiger partial charge in [0.2, 0.25) is 0 Å². The fourth-order valence-electron chi connectivity index (χ4n) is 9.59. The molecule has 0 amide bonds. The second-order valence-electron chi connectivity index (χ2n) is 15.4. The molecule has 0 aliphatic heterocycles. The summed E-state index contributed by atoms with van der Waals surface area (Å²) in [7, 11) is 0. The number of hydrogen-bond donors (Lipinski definition) is 0. The van der Waals surface area contributed by atoms with E-state index >= 15 is 0 Å². The average molecular weight is 734 g/mol. The van der Waals surface area contributed by atoms with Gasteiger partial charge in [-0.3, -0.25) is 0 Å². The number of aromatic nitrogens is 1. The maximum absolute atomic E-state index is 5.28. The first kappa shape index (κ1) is 32.6. The van der Waals surface area contributed by atoms with Crippen molar-refractivity contribution in [3.63, 3.8) is 0 Å². The molecule has 0 saturated carbocycles. The molecule has 1 heterocycles. The average Bonchev–Trinajstić information content (AvgIpc) is 3.30. The quantitative estimate of drug-likeness (QED) is 0.130. The van der Waals surface area contributed by atoms with Crippen molar-refractivity contribution in [2.75, 3.05) is 0 Å². The molecular formula is C57H35N. The highest BCUT2D eigenvalue weighted by molar-refractivity contribution is 6.26. The minimum absolute atomic E-state index is 1.01. The van der Waals surface area contributed by atoms with E-state index in [2.05, 4.69) is 212 Å². The maximum Gasteiger partial charge on any atom is 0.0788 e. The predicted octanol–water partition coefficient (Wildman–Crippen LogP) is 15.8. The van der Waals surface area contributed by atoms with Crippen LogP contribution in [-0.2, 0) is 0 Å². The molecule has 12 rings (SSSR count). The summed E-state index contributed by atoms with van der Waals surface area (Å²) < 4.78 is 0. The first-order valence-electron chi connectivity index (χ1n) is 20.0. The van der Waals surface area contributed by atoms with Crippen molar-refractivity contribution < 1.29 is 0 Å². The molecule has 0 bridgehead atoms. The number of fused-ring (bicyclic) bond motifs is 9. The van der Waals surface area contributed by atoms with Gasteiger partial charge in [0.25, 0.3) is 0 Å². The number of benzene rings is 11. The van der Waals surface area contributed by atoms with Crippen molar-refractivity contribution >= 4 is 75.5 Å². The fourth-order valence-corrected chi connectivity index (χ4v) is 9.59. The predicted molar refractivity (Wildman–Crippen MR) is 249 cm³/mol. The highest BCUT2D eigenvalue weighted by Crippen LogP contribution is 2.48. The minimum Gasteiger partial charge on any atom is -0.247 e. The van der Waals surface area contributed by atoms with Gasteiger partial charge < -0.3 is 0 Å². The summed E-state index contributed by atoms with van der Waals surface area (Å²) in [4.78, 5) is 5.28. The van der Waals surface area contributed by atoms with Crippen LogP contribution in [-0.4, -0.2) is 4.98 Å². The molecule has 0 unspecified atom stereocenters. The zero-order chi connectivity index (χ0) is 38.2. The van der Waals surface area contributed by atoms with Crippen molar-refractivity contribution in [2.45, 2.75) is 0 Å². The third-order valence-electron chi connectivity index (χ3n) is 12.2. The Kier molecular flexibility index (Phi) is 7.30. The van der Waals surface area contributed by atoms with Crippen molar-refractivity contribution in [2.24, 2.45) is 0 Å². The Morgan fingerprint density at radius 2 is 0.707 bits per heavy atom. The molecule has 0 radical (unpaired) electrons. The zero-order valence-electron chi connectivity index (χ0n) is 31.7. The highest BCUT2D eigenvalue weighted by Gasteiger charge is 2.20. The Labute approximate surface area is 336 Å². The molecule has 12 aromatic rings. The number of pyridine rings is 1. The lowest BCUT2D eigenvalue weighted by Gasteiger charge is -2.20. The Hall–Kier alpha value is -7.61. The van der Waals surface area contributed by atoms with Crippen LogP contribution in [0, 0.1) is 0 Å². The topological polar surface area (TPSA) is 12.9 Å². The van der Waals surface area contributed by atoms with E-state index in [-0.39, 0.29) is 0 Å². The lowest BCUT2D eigenvalue weighted by atomic mass is 9.83. The number of hydrogen-bond acceptors (Lipinski definition) is 1. The van der Waals surface area contributed by atoms with Gasteiger partial charge in [-0.2, -0.15) is 0 Å². The van der Waals surface area contributed by atoms with E-state index in [1.165, 1.54) is 103 Å². The van der Waals surface area contributed by atoms with Gasteiger partial charge in [-0.15, -0.1) is 0 Å². The molecule has 0 aliphatic carbocycles. The second kappa shape index (κ2) is 13.0. The van der Waals surface area contributed by atoms with Gasteiger partial charge in [-0.25, -0.2) is 4.98 Å². The van der Waals surface area contributed by atoms with Gasteiger partial charge in [0.15, 0.2) is 0 Å². The first-order chi connectivity index (χ1) is 28.8. The lowest BCUT2D eigenvalue weighted by Crippen LogP contribution is -1.93. The van der Waals surface area contributed by atoms with Crippen LogP contribution >= 0.6 is 0 Å². The lowest BCUT2D eigenvalue weighted by molar-refractivity contribution is 1.43. The van der Waals surface area contributed by atoms with E-state index in [1.807, 2.05) is 0 Å². The van der Waals surface area contributed by atoms with Gasteiger partial charge in [0, 0.05) is 21.7 Å². The summed E-state index contributed by atoms with van der Waals surface area (Å²) in [6, 6.07) is 77.8. The molecule has 0 N–H and O–H groups in total. The summed E-state index contributed by atoms with van der Waals surface area (Å²) in [6.45, 7) is 0. The maximum atomic E-state index is 5.28. The van der Waals surface area contributed by atoms with Crippen LogP contribution in [0.4, 0.5) is 0 Å². The Morgan fingerprint density at radius 1 is 0.259 bits per heavy atom. The van der Waals surface area contributed by atoms with Crippen LogP contribution in [0.2, 0.25) is 0 Å². The third kappa shape index (κ3) is 5.00. The van der Waals surface area contributed by atoms with Gasteiger partial charge in [-0.1, -0.05) is 200 Å². The number of nitrogens with zero attached hydrogens (tertiary/aromatic N) is 1. The summed E-state index contributed by atoms with van der Waals surface area (Å²) in [5, 5.41) is 16.1. The molecule has 268 valence electrons. The van der Waals surface area contributed by atoms with Gasteiger partial charge in [-0.05, 0) is 99.4 Å². The van der Waals surface area contributed by atoms with Crippen LogP contribution in [0.3, 0.4) is 0 Å². The van der Waals surface area contributed by atoms with Crippen LogP contribution < -0.4 is 0 Å². The van der Waals surface area contributed by atoms with Crippen molar-refractivity contribution in [3.05, 3.63) is 212 Å². The minimum atomic E-state index is 1.01. The largest absolute Gasteiger partial charge is 0.247 e. The standard InChI is InChI=1S/C57H35N/c1-4-18-42-37(13-1)16-11-24-45(42)55-47-21-7-8-22-48(47)56(46-25-12-17-38-14-2-5-19-43(38)46)52-35-41(32-33-49(52)55)36-27-29-40(30-28-36)57-51-34-31-39-15-3-6-20-44(39)54(51)50-23-9-10-26-53(50)58-57/h1-35H. The van der Waals surface area contributed by atoms with E-state index in [1.54, 1.807) is 0 Å². The summed E-state index contributed by atoms with van der Waals surface area (Å²) in [5.74, 6) is 0. The van der Waals surface area contributed by atoms with E-state index in [0.29, 0.717) is 0 Å². The Morgan fingerprint density at radius 3 is 1.36 bits per heavy atom. The molecular weight excluding hydrogens is 699 g/mol. The van der Waals surface area contributed by atoms with Crippen molar-refractivity contribution in [1.82, 2.24) is 4.98 Å². The second-order valence-corrected chi connectivity index (χ2v) is 15.4. The first-order valence-corrected chi connectivity index (χ1v) is 20.0. The molecule has 0 fully saturated rings. The smallest absolute Gasteiger partial charge is 0.0788 e. The van der Waals surface area contributed by atoms with Gasteiger partial charge in [0.05, 0.1) is 11.2 Å². The molecule has 0 spiro atoms. The van der Waals surface area contributed by atoms with E-state index in [4.69, 9.17) is 4.98 Å². The third-order valence-corrected chi connectivity index (χ3v) is 12.2. The van der Waals surface area contributed by atoms with Crippen LogP contribution in [0.15, 0.2) is 212 Å². The number of para-hydroxylation sites is 1. The Balaban J connectivity index is 1.10. The summed E-state index contributed by atoms with van der Waals surface area (Å²) >= 11 is 0. The SMILES string of the molecule is c1ccc2c(-c3c4ccccc4c(-c4cccc5ccccc45)c4cc(-c5ccc(-c6nc7ccccc7c7c6ccc6ccccc67)cc5)ccc34)cccc2c1. The van der Waals surface area contributed by atoms with Crippen molar-refractivity contribution in [3.8, 4) is 44.6 Å². The van der Waals surface area contributed by atoms with Gasteiger partial charge in [0.1, 0.15) is 0 Å². The van der Waals surface area contributed by atoms with Crippen LogP contribution in [0.5, 0.6) is 0 Å². The van der Waals surface area contributed by atoms with Crippen molar-refractivity contribution in [1.29, 1.82) is 0 Å². The molecule has 0 saturated heterocycles. The molecule has 0 atom stereocenters. The molecule has 0 aliphatic rings. The summed E-state index contributed by atoms with van der Waals surface area (Å²) in [5.41, 5.74) is 10.5. The normalized spacial score (nSPS) is 11.8. The highest BCUT2D eigenvalue weighted by atomic mass is 14.7. The Bertz CT molecular complexity index is 3590. The van der Waals surface area contributed by atoms with Crippen LogP contribution in [0.25, 0.3) is 120 Å². The van der Waals surface area contributed by atoms with E-state index < -0.39 is 0 Å². The molecule has 11 aromatic carbocycles. The monoisotopic (exact) mass is 733 g/mol. The van der Waals surface area contributed by atoms with E-state index in [0.717, 1.165) is 16.8 Å². The summed E-state index contributed by atoms with van der Waals surface area (Å²) in [6.07, 6.45) is 0. The molecule has 58 heavy (non-hydrogen) atoms. The van der Waals surface area contributed by atoms with Gasteiger partial charge >= 0.3 is 0 Å². The zero-order valence-corrected chi connectivity index (χ0v) is 31.7. The molecule has 1 heteroatoms. The van der Waals surface area contributed by atoms with E-state index in [9.17, 15) is 0 Å².